The van der Waals surface area contributed by atoms with Crippen LogP contribution in [-0.2, 0) is 89.7 Å². The molecule has 0 saturated carbocycles. The van der Waals surface area contributed by atoms with Crippen molar-refractivity contribution < 1.29 is 38.4 Å². The molecule has 6 saturated heterocycles. The Morgan fingerprint density at radius 1 is 0.260 bits per heavy atom. The predicted molar refractivity (Wildman–Crippen MR) is 626 cm³/mol. The Balaban J connectivity index is 0.000000190. The molecule has 0 unspecified atom stereocenters. The molecule has 6 heterocycles. The highest BCUT2D eigenvalue weighted by Crippen LogP contribution is 2.29. The lowest BCUT2D eigenvalue weighted by Gasteiger charge is -2.40. The van der Waals surface area contributed by atoms with E-state index in [2.05, 4.69) is 94.2 Å². The molecule has 0 atom stereocenters. The highest BCUT2D eigenvalue weighted by atomic mass is 35.5. The number of alkyl halides is 8. The Bertz CT molecular complexity index is 5310. The number of nitrogens with zero attached hydrogens (tertiary/aromatic N) is 12. The van der Waals surface area contributed by atoms with Crippen LogP contribution < -0.4 is 40.9 Å². The van der Waals surface area contributed by atoms with Gasteiger partial charge in [-0.2, -0.15) is 0 Å². The van der Waals surface area contributed by atoms with Crippen LogP contribution >= 0.6 is 92.8 Å². The third-order valence-electron chi connectivity index (χ3n) is 28.8. The number of anilines is 8. The first kappa shape index (κ1) is 122. The summed E-state index contributed by atoms with van der Waals surface area (Å²) < 4.78 is 0. The average molecular weight is 2210 g/mol. The molecule has 150 heavy (non-hydrogen) atoms. The fraction of sp³-hybridized carbons (Fsp3) is 0.525. The molecule has 0 aliphatic carbocycles. The molecule has 0 radical (unpaired) electrons. The van der Waals surface area contributed by atoms with E-state index in [-0.39, 0.29) is 72.4 Å². The summed E-state index contributed by atoms with van der Waals surface area (Å²) in [6.45, 7) is 26.7. The minimum absolute atomic E-state index is 0.0810. The molecule has 6 aliphatic heterocycles. The topological polar surface area (TPSA) is 224 Å². The molecule has 6 aliphatic rings. The monoisotopic (exact) mass is 2210 g/mol. The van der Waals surface area contributed by atoms with Gasteiger partial charge in [0.2, 0.25) is 23.6 Å². The number of halogens is 8. The summed E-state index contributed by atoms with van der Waals surface area (Å²) in [7, 11) is 4.28. The van der Waals surface area contributed by atoms with Gasteiger partial charge in [0, 0.05) is 280 Å². The van der Waals surface area contributed by atoms with Crippen LogP contribution in [0.5, 0.6) is 0 Å². The smallest absolute Gasteiger partial charge is 0.228 e. The number of likely N-dealkylation sites (N-methyl/N-ethyl adjacent to an activating group) is 2. The highest BCUT2D eigenvalue weighted by Gasteiger charge is 2.30. The summed E-state index contributed by atoms with van der Waals surface area (Å²) in [5, 5.41) is 11.9. The number of piperidine rings is 4. The third-order valence-corrected chi connectivity index (χ3v) is 30.2. The molecular weight excluding hydrogens is 2050 g/mol. The first-order valence-electron chi connectivity index (χ1n) is 54.2. The zero-order chi connectivity index (χ0) is 106. The van der Waals surface area contributed by atoms with E-state index >= 15 is 0 Å². The van der Waals surface area contributed by atoms with Gasteiger partial charge in [-0.25, -0.2) is 0 Å². The summed E-state index contributed by atoms with van der Waals surface area (Å²) in [6, 6.07) is 63.6. The maximum atomic E-state index is 12.8. The Morgan fingerprint density at radius 3 is 0.780 bits per heavy atom. The molecule has 4 amide bonds. The van der Waals surface area contributed by atoms with Crippen molar-refractivity contribution in [2.75, 3.05) is 285 Å². The van der Waals surface area contributed by atoms with Crippen LogP contribution in [0.4, 0.5) is 45.5 Å². The van der Waals surface area contributed by atoms with E-state index in [1.54, 1.807) is 0 Å². The summed E-state index contributed by atoms with van der Waals surface area (Å²) in [6.07, 6.45) is 18.2. The Labute approximate surface area is 932 Å². The molecule has 24 nitrogen and oxygen atoms in total. The lowest BCUT2D eigenvalue weighted by Crippen LogP contribution is -2.47. The summed E-state index contributed by atoms with van der Waals surface area (Å²) in [5.41, 5.74) is 14.5. The summed E-state index contributed by atoms with van der Waals surface area (Å²) in [5.74, 6) is 4.85. The normalized spacial score (nSPS) is 15.9. The number of carbonyl (C=O) groups is 8. The average Bonchev–Trinajstić information content (AvgIpc) is 0.857. The van der Waals surface area contributed by atoms with Crippen molar-refractivity contribution in [3.63, 3.8) is 0 Å². The van der Waals surface area contributed by atoms with Crippen LogP contribution in [0.15, 0.2) is 194 Å². The zero-order valence-electron chi connectivity index (χ0n) is 88.3. The van der Waals surface area contributed by atoms with Crippen LogP contribution in [-0.4, -0.2) is 342 Å². The molecule has 6 fully saturated rings. The second kappa shape index (κ2) is 68.7. The van der Waals surface area contributed by atoms with E-state index in [0.29, 0.717) is 110 Å². The van der Waals surface area contributed by atoms with E-state index in [0.717, 1.165) is 260 Å². The number of hydrogen-bond donors (Lipinski definition) is 4. The quantitative estimate of drug-likeness (QED) is 0.0260. The van der Waals surface area contributed by atoms with Crippen molar-refractivity contribution >= 4 is 185 Å². The van der Waals surface area contributed by atoms with Crippen molar-refractivity contribution in [1.29, 1.82) is 0 Å². The maximum absolute atomic E-state index is 12.8. The van der Waals surface area contributed by atoms with E-state index < -0.39 is 0 Å². The van der Waals surface area contributed by atoms with Crippen molar-refractivity contribution in [2.24, 2.45) is 0 Å². The lowest BCUT2D eigenvalue weighted by atomic mass is 9.99. The first-order chi connectivity index (χ1) is 73.0. The van der Waals surface area contributed by atoms with Crippen molar-refractivity contribution in [1.82, 2.24) is 39.2 Å². The van der Waals surface area contributed by atoms with Gasteiger partial charge < -0.3 is 75.2 Å². The Kier molecular flexibility index (Phi) is 55.8. The van der Waals surface area contributed by atoms with E-state index in [9.17, 15) is 38.4 Å². The van der Waals surface area contributed by atoms with Gasteiger partial charge in [0.05, 0.1) is 32.2 Å². The van der Waals surface area contributed by atoms with E-state index in [1.807, 2.05) is 194 Å². The van der Waals surface area contributed by atoms with E-state index in [4.69, 9.17) is 92.8 Å². The number of carbonyl (C=O) groups excluding carboxylic acids is 8. The number of Topliss-reactive ketones (excluding diaryl/α,β-unsaturated/α-hetero) is 4. The molecule has 8 aromatic rings. The zero-order valence-corrected chi connectivity index (χ0v) is 94.3. The van der Waals surface area contributed by atoms with Crippen molar-refractivity contribution in [3.05, 3.63) is 239 Å². The van der Waals surface area contributed by atoms with Gasteiger partial charge in [-0.15, -0.1) is 92.8 Å². The molecular formula is C118H160Cl8N16O8. The number of benzene rings is 8. The number of rotatable bonds is 54. The standard InChI is InChI=1S/C32H44Cl2N4O2.C31H42Cl2N4O2.C28H38Cl2N4O2.C27H36Cl2N4O2/c33-14-21-38(22-15-34)29-9-7-26(8-10-29)25-32(40)35-28-6-4-5-27(23-28)24-31(39)13-20-36-18-11-30(12-19-36)37-16-2-1-3-17-37;32-13-19-37(20-14-33)28-9-7-25(8-10-28)23-31(39)34-27-6-4-5-26(21-27)22-30(38)24-35-17-11-29(12-18-35)36-15-2-1-3-16-36;1-32-16-18-33(19-17-32)13-3-6-27(35)21-24-4-2-5-25(20-24)31-28(36)22-23-7-9-26(10-8-23)34(14-11-29)15-12-30;1-31-15-17-32(18-16-31)12-9-26(34)20-23-3-2-4-24(19-23)30-27(35)21-22-5-7-25(8-6-22)33(13-10-28)14-11-29/h4-10,23,30H,1-3,11-22,24-25H2,(H,35,40);4-10,21,29H,1-3,11-20,22-24H2,(H,34,39);2,4-5,7-10,20H,3,6,11-19,21-22H2,1H3,(H,31,36);2-8,19H,9-18,20-21H2,1H3,(H,30,35). The summed E-state index contributed by atoms with van der Waals surface area (Å²) in [4.78, 5) is 129. The molecule has 0 aromatic heterocycles. The molecule has 4 N–H and O–H groups in total. The molecule has 32 heteroatoms. The van der Waals surface area contributed by atoms with Crippen LogP contribution in [0.1, 0.15) is 134 Å². The molecule has 0 bridgehead atoms. The minimum atomic E-state index is -0.0883. The summed E-state index contributed by atoms with van der Waals surface area (Å²) >= 11 is 47.2. The SMILES string of the molecule is CN1CCN(CCC(=O)Cc2cccc(NC(=O)Cc3ccc(N(CCCl)CCCl)cc3)c2)CC1.CN1CCN(CCCC(=O)Cc2cccc(NC(=O)Cc3ccc(N(CCCl)CCCl)cc3)c2)CC1.O=C(CCN1CCC(N2CCCCC2)CC1)Cc1cccc(NC(=O)Cc2ccc(N(CCCl)CCCl)cc2)c1.O=C(Cc1cccc(NC(=O)Cc2ccc(N(CCCl)CCCl)cc2)c1)CN1CCC(N2CCCCC2)CC1. The van der Waals surface area contributed by atoms with Gasteiger partial charge in [0.15, 0.2) is 5.78 Å². The van der Waals surface area contributed by atoms with Crippen molar-refractivity contribution in [3.8, 4) is 0 Å². The third kappa shape index (κ3) is 45.1. The van der Waals surface area contributed by atoms with Gasteiger partial charge in [-0.1, -0.05) is 110 Å². The fourth-order valence-corrected chi connectivity index (χ4v) is 22.0. The molecule has 14 rings (SSSR count). The lowest BCUT2D eigenvalue weighted by molar-refractivity contribution is -0.120. The van der Waals surface area contributed by atoms with Crippen LogP contribution in [0.2, 0.25) is 0 Å². The van der Waals surface area contributed by atoms with Crippen LogP contribution in [0, 0.1) is 0 Å². The number of ketones is 4. The highest BCUT2D eigenvalue weighted by molar-refractivity contribution is 6.20. The second-order valence-corrected chi connectivity index (χ2v) is 43.4. The van der Waals surface area contributed by atoms with E-state index in [1.165, 1.54) is 77.5 Å². The van der Waals surface area contributed by atoms with Gasteiger partial charge in [-0.05, 0) is 259 Å². The number of nitrogens with one attached hydrogen (secondary N) is 4. The molecule has 0 spiro atoms. The number of amides is 4. The van der Waals surface area contributed by atoms with Gasteiger partial charge in [-0.3, -0.25) is 43.3 Å². The number of piperazine rings is 2. The van der Waals surface area contributed by atoms with Gasteiger partial charge >= 0.3 is 0 Å². The van der Waals surface area contributed by atoms with Gasteiger partial charge in [0.25, 0.3) is 0 Å². The number of likely N-dealkylation sites (tertiary alicyclic amines) is 4. The first-order valence-corrected chi connectivity index (χ1v) is 58.5. The molecule has 8 aromatic carbocycles. The minimum Gasteiger partial charge on any atom is -0.369 e. The predicted octanol–water partition coefficient (Wildman–Crippen LogP) is 19.0. The fourth-order valence-electron chi connectivity index (χ4n) is 20.4. The Hall–Kier alpha value is -8.48. The largest absolute Gasteiger partial charge is 0.369 e. The molecule has 816 valence electrons. The van der Waals surface area contributed by atoms with Crippen LogP contribution in [0.3, 0.4) is 0 Å². The van der Waals surface area contributed by atoms with Gasteiger partial charge in [0.1, 0.15) is 17.3 Å². The Morgan fingerprint density at radius 2 is 0.507 bits per heavy atom. The van der Waals surface area contributed by atoms with Crippen LogP contribution in [0.25, 0.3) is 0 Å². The maximum Gasteiger partial charge on any atom is 0.228 e. The second-order valence-electron chi connectivity index (χ2n) is 40.4. The van der Waals surface area contributed by atoms with Crippen molar-refractivity contribution in [2.45, 2.75) is 153 Å². The number of hydrogen-bond acceptors (Lipinski definition) is 20.